The second-order valence-corrected chi connectivity index (χ2v) is 14.1. The van der Waals surface area contributed by atoms with Crippen LogP contribution in [0, 0.1) is 11.8 Å². The Morgan fingerprint density at radius 3 is 2.43 bits per heavy atom. The molecule has 1 aliphatic heterocycles. The summed E-state index contributed by atoms with van der Waals surface area (Å²) in [5.41, 5.74) is 1.42. The van der Waals surface area contributed by atoms with E-state index in [1.807, 2.05) is 30.3 Å². The number of carbonyl (C=O) groups excluding carboxylic acids is 4. The van der Waals surface area contributed by atoms with Crippen LogP contribution in [0.2, 0.25) is 0 Å². The number of amides is 3. The second-order valence-electron chi connectivity index (χ2n) is 14.1. The van der Waals surface area contributed by atoms with Crippen LogP contribution in [0.15, 0.2) is 42.9 Å². The number of aromatic amines is 1. The van der Waals surface area contributed by atoms with E-state index in [0.717, 1.165) is 37.7 Å². The number of ether oxygens (including phenoxy) is 2. The van der Waals surface area contributed by atoms with Crippen molar-refractivity contribution in [1.29, 1.82) is 0 Å². The Labute approximate surface area is 290 Å². The number of aliphatic hydroxyl groups is 1. The third-order valence-electron chi connectivity index (χ3n) is 9.97. The summed E-state index contributed by atoms with van der Waals surface area (Å²) in [5.74, 6) is -0.676. The van der Waals surface area contributed by atoms with Crippen LogP contribution < -0.4 is 5.32 Å². The maximum absolute atomic E-state index is 14.3. The highest BCUT2D eigenvalue weighted by molar-refractivity contribution is 5.91. The maximum atomic E-state index is 14.3. The van der Waals surface area contributed by atoms with Gasteiger partial charge in [-0.25, -0.2) is 14.6 Å². The molecule has 1 aromatic heterocycles. The van der Waals surface area contributed by atoms with Crippen LogP contribution in [0.25, 0.3) is 0 Å². The molecule has 0 radical (unpaired) electrons. The molecular weight excluding hydrogens is 626 g/mol. The molecule has 2 aliphatic rings. The number of methoxy groups -OCH3 is 1. The number of aliphatic hydroxyl groups excluding tert-OH is 1. The van der Waals surface area contributed by atoms with Gasteiger partial charge in [-0.3, -0.25) is 14.5 Å². The molecule has 2 fully saturated rings. The zero-order valence-corrected chi connectivity index (χ0v) is 29.5. The molecule has 49 heavy (non-hydrogen) atoms. The van der Waals surface area contributed by atoms with Crippen LogP contribution in [0.4, 0.5) is 4.79 Å². The van der Waals surface area contributed by atoms with Crippen molar-refractivity contribution in [3.8, 4) is 0 Å². The number of nitrogens with zero attached hydrogens (tertiary/aromatic N) is 3. The number of likely N-dealkylation sites (tertiary alicyclic amines) is 1. The Bertz CT molecular complexity index is 1330. The van der Waals surface area contributed by atoms with Gasteiger partial charge in [0.05, 0.1) is 25.6 Å². The maximum Gasteiger partial charge on any atom is 0.411 e. The van der Waals surface area contributed by atoms with Crippen LogP contribution in [0.1, 0.15) is 89.3 Å². The summed E-state index contributed by atoms with van der Waals surface area (Å²) >= 11 is 0. The topological polar surface area (TPSA) is 154 Å². The Morgan fingerprint density at radius 2 is 1.78 bits per heavy atom. The molecule has 1 saturated heterocycles. The van der Waals surface area contributed by atoms with Gasteiger partial charge < -0.3 is 29.8 Å². The molecule has 12 nitrogen and oxygen atoms in total. The molecule has 4 rings (SSSR count). The van der Waals surface area contributed by atoms with Crippen LogP contribution in [-0.2, 0) is 36.7 Å². The number of aromatic nitrogens is 2. The lowest BCUT2D eigenvalue weighted by Gasteiger charge is -2.34. The van der Waals surface area contributed by atoms with Crippen molar-refractivity contribution in [3.63, 3.8) is 0 Å². The lowest BCUT2D eigenvalue weighted by atomic mass is 9.83. The summed E-state index contributed by atoms with van der Waals surface area (Å²) in [6, 6.07) is 6.95. The molecule has 2 heterocycles. The minimum Gasteiger partial charge on any atom is -0.467 e. The molecule has 0 bridgehead atoms. The zero-order valence-electron chi connectivity index (χ0n) is 29.5. The van der Waals surface area contributed by atoms with Gasteiger partial charge in [-0.15, -0.1) is 0 Å². The van der Waals surface area contributed by atoms with Gasteiger partial charge in [0, 0.05) is 38.3 Å². The molecule has 12 heteroatoms. The van der Waals surface area contributed by atoms with Crippen molar-refractivity contribution in [2.45, 2.75) is 121 Å². The fourth-order valence-corrected chi connectivity index (χ4v) is 7.03. The fraction of sp³-hybridized carbons (Fsp3) is 0.649. The Balaban J connectivity index is 1.58. The van der Waals surface area contributed by atoms with Gasteiger partial charge in [0.15, 0.2) is 6.10 Å². The predicted molar refractivity (Wildman–Crippen MR) is 184 cm³/mol. The summed E-state index contributed by atoms with van der Waals surface area (Å²) in [4.78, 5) is 64.2. The lowest BCUT2D eigenvalue weighted by molar-refractivity contribution is -0.148. The van der Waals surface area contributed by atoms with Crippen molar-refractivity contribution < 1.29 is 33.8 Å². The third kappa shape index (κ3) is 11.0. The standard InChI is InChI=1S/C37H55N5O7/c1-25(2)17-18-32(43)29(20-26-12-7-5-8-13-26)40-34(44)31(22-28-23-38-24-39-28)41(3)35(45)33(21-27-14-9-6-10-15-27)49-37(47)42-19-11-16-30(42)36(46)48-4/h6,9-10,14-15,23-26,29-33,43H,5,7-8,11-13,16-22H2,1-4H3,(H,38,39)(H,40,44)/t29-,30-,31-,32-,33-/m0/s1. The fourth-order valence-electron chi connectivity index (χ4n) is 7.03. The van der Waals surface area contributed by atoms with E-state index in [9.17, 15) is 24.3 Å². The molecule has 2 aromatic rings. The van der Waals surface area contributed by atoms with E-state index in [0.29, 0.717) is 49.8 Å². The minimum atomic E-state index is -1.27. The molecule has 3 amide bonds. The average Bonchev–Trinajstić information content (AvgIpc) is 3.82. The molecule has 270 valence electrons. The smallest absolute Gasteiger partial charge is 0.411 e. The van der Waals surface area contributed by atoms with Crippen molar-refractivity contribution >= 4 is 23.9 Å². The molecule has 0 spiro atoms. The number of imidazole rings is 1. The second kappa shape index (κ2) is 18.7. The number of likely N-dealkylation sites (N-methyl/N-ethyl adjacent to an activating group) is 1. The van der Waals surface area contributed by atoms with E-state index in [1.54, 1.807) is 6.20 Å². The van der Waals surface area contributed by atoms with Crippen molar-refractivity contribution in [3.05, 3.63) is 54.1 Å². The van der Waals surface area contributed by atoms with Crippen LogP contribution >= 0.6 is 0 Å². The SMILES string of the molecule is COC(=O)[C@@H]1CCCN1C(=O)O[C@@H](Cc1ccccc1)C(=O)N(C)[C@@H](Cc1cnc[nH]1)C(=O)N[C@@H](CC1CCCCC1)[C@@H](O)CCC(C)C. The monoisotopic (exact) mass is 681 g/mol. The first-order chi connectivity index (χ1) is 23.6. The van der Waals surface area contributed by atoms with Gasteiger partial charge in [0.1, 0.15) is 12.1 Å². The molecular formula is C37H55N5O7. The number of esters is 1. The van der Waals surface area contributed by atoms with Crippen LogP contribution in [0.5, 0.6) is 0 Å². The van der Waals surface area contributed by atoms with E-state index < -0.39 is 54.2 Å². The summed E-state index contributed by atoms with van der Waals surface area (Å²) in [6.07, 6.45) is 9.29. The summed E-state index contributed by atoms with van der Waals surface area (Å²) in [6.45, 7) is 4.52. The number of carbonyl (C=O) groups is 4. The normalized spacial score (nSPS) is 19.1. The van der Waals surface area contributed by atoms with Crippen molar-refractivity contribution in [2.75, 3.05) is 20.7 Å². The van der Waals surface area contributed by atoms with Gasteiger partial charge in [-0.1, -0.05) is 76.3 Å². The van der Waals surface area contributed by atoms with Gasteiger partial charge >= 0.3 is 12.1 Å². The van der Waals surface area contributed by atoms with Crippen molar-refractivity contribution in [2.24, 2.45) is 11.8 Å². The van der Waals surface area contributed by atoms with Gasteiger partial charge in [-0.05, 0) is 49.5 Å². The summed E-state index contributed by atoms with van der Waals surface area (Å²) < 4.78 is 10.8. The van der Waals surface area contributed by atoms with E-state index >= 15 is 0 Å². The Morgan fingerprint density at radius 1 is 1.04 bits per heavy atom. The zero-order chi connectivity index (χ0) is 35.3. The molecule has 1 aliphatic carbocycles. The Kier molecular flexibility index (Phi) is 14.5. The van der Waals surface area contributed by atoms with Gasteiger partial charge in [0.2, 0.25) is 5.91 Å². The number of rotatable bonds is 16. The molecule has 1 aromatic carbocycles. The van der Waals surface area contributed by atoms with Crippen LogP contribution in [0.3, 0.4) is 0 Å². The largest absolute Gasteiger partial charge is 0.467 e. The van der Waals surface area contributed by atoms with E-state index in [-0.39, 0.29) is 12.8 Å². The highest BCUT2D eigenvalue weighted by atomic mass is 16.6. The quantitative estimate of drug-likeness (QED) is 0.220. The highest BCUT2D eigenvalue weighted by Gasteiger charge is 2.40. The first kappa shape index (κ1) is 37.9. The van der Waals surface area contributed by atoms with Gasteiger partial charge in [-0.2, -0.15) is 0 Å². The van der Waals surface area contributed by atoms with E-state index in [2.05, 4.69) is 29.1 Å². The van der Waals surface area contributed by atoms with E-state index in [4.69, 9.17) is 9.47 Å². The molecule has 0 unspecified atom stereocenters. The number of nitrogens with one attached hydrogen (secondary N) is 2. The summed E-state index contributed by atoms with van der Waals surface area (Å²) in [5, 5.41) is 14.5. The van der Waals surface area contributed by atoms with Crippen molar-refractivity contribution in [1.82, 2.24) is 25.1 Å². The average molecular weight is 682 g/mol. The number of benzene rings is 1. The first-order valence-electron chi connectivity index (χ1n) is 17.9. The van der Waals surface area contributed by atoms with Crippen LogP contribution in [-0.4, -0.2) is 99.8 Å². The number of hydrogen-bond acceptors (Lipinski definition) is 8. The highest BCUT2D eigenvalue weighted by Crippen LogP contribution is 2.29. The number of hydrogen-bond donors (Lipinski definition) is 3. The molecule has 3 N–H and O–H groups in total. The molecule has 1 saturated carbocycles. The van der Waals surface area contributed by atoms with E-state index in [1.165, 1.54) is 36.7 Å². The Hall–Kier alpha value is -3.93. The molecule has 5 atom stereocenters. The van der Waals surface area contributed by atoms with Gasteiger partial charge in [0.25, 0.3) is 5.91 Å². The summed E-state index contributed by atoms with van der Waals surface area (Å²) in [7, 11) is 2.81. The first-order valence-corrected chi connectivity index (χ1v) is 17.9. The lowest BCUT2D eigenvalue weighted by Crippen LogP contribution is -2.56. The minimum absolute atomic E-state index is 0.0725. The third-order valence-corrected chi connectivity index (χ3v) is 9.97. The predicted octanol–water partition coefficient (Wildman–Crippen LogP) is 4.42. The number of H-pyrrole nitrogens is 1.